The van der Waals surface area contributed by atoms with E-state index >= 15 is 0 Å². The lowest BCUT2D eigenvalue weighted by Crippen LogP contribution is -2.65. The number of urea groups is 1. The van der Waals surface area contributed by atoms with E-state index < -0.39 is 36.1 Å². The molecule has 0 radical (unpaired) electrons. The number of hydrogen-bond donors (Lipinski definition) is 2. The molecule has 3 atom stereocenters. The molecule has 2 unspecified atom stereocenters. The molecule has 37 heavy (non-hydrogen) atoms. The maximum atomic E-state index is 13.3. The fraction of sp³-hybridized carbons (Fsp3) is 0.600. The van der Waals surface area contributed by atoms with Gasteiger partial charge >= 0.3 is 12.0 Å². The molecule has 2 heterocycles. The quantitative estimate of drug-likeness (QED) is 0.522. The van der Waals surface area contributed by atoms with Crippen molar-refractivity contribution in [1.29, 1.82) is 0 Å². The Balaban J connectivity index is 1.36. The third kappa shape index (κ3) is 5.81. The van der Waals surface area contributed by atoms with Gasteiger partial charge in [-0.25, -0.2) is 9.59 Å². The van der Waals surface area contributed by atoms with Crippen LogP contribution in [0.25, 0.3) is 0 Å². The molecule has 0 aromatic heterocycles. The molecule has 1 aromatic carbocycles. The van der Waals surface area contributed by atoms with E-state index in [1.54, 1.807) is 24.0 Å². The Labute approximate surface area is 225 Å². The predicted octanol–water partition coefficient (Wildman–Crippen LogP) is 2.75. The van der Waals surface area contributed by atoms with E-state index in [0.717, 1.165) is 19.3 Å². The fourth-order valence-electron chi connectivity index (χ4n) is 5.15. The first-order chi connectivity index (χ1) is 17.6. The summed E-state index contributed by atoms with van der Waals surface area (Å²) in [6, 6.07) is 2.20. The Kier molecular flexibility index (Phi) is 8.20. The third-order valence-electron chi connectivity index (χ3n) is 7.77. The molecule has 1 saturated carbocycles. The summed E-state index contributed by atoms with van der Waals surface area (Å²) in [6.07, 6.45) is 2.89. The van der Waals surface area contributed by atoms with Gasteiger partial charge in [0.2, 0.25) is 11.8 Å². The Morgan fingerprint density at radius 2 is 1.89 bits per heavy atom. The minimum absolute atomic E-state index is 0.0128. The number of β-amino-alcohol motifs (C(OH)–C–C–N with tert-alkyl or cyclic N) is 1. The van der Waals surface area contributed by atoms with Crippen molar-refractivity contribution in [3.05, 3.63) is 28.2 Å². The summed E-state index contributed by atoms with van der Waals surface area (Å²) in [5.41, 5.74) is 0.406. The van der Waals surface area contributed by atoms with E-state index in [1.165, 1.54) is 23.0 Å². The van der Waals surface area contributed by atoms with Gasteiger partial charge in [0.25, 0.3) is 0 Å². The first-order valence-corrected chi connectivity index (χ1v) is 13.2. The maximum Gasteiger partial charge on any atom is 0.330 e. The molecule has 4 rings (SSSR count). The number of likely N-dealkylation sites (tertiary alicyclic amines) is 1. The van der Waals surface area contributed by atoms with Crippen molar-refractivity contribution in [2.45, 2.75) is 57.2 Å². The van der Waals surface area contributed by atoms with Crippen molar-refractivity contribution in [2.75, 3.05) is 38.6 Å². The average Bonchev–Trinajstić information content (AvgIpc) is 3.65. The molecular weight excluding hydrogens is 523 g/mol. The van der Waals surface area contributed by atoms with Gasteiger partial charge < -0.3 is 29.9 Å². The topological polar surface area (TPSA) is 119 Å². The van der Waals surface area contributed by atoms with E-state index in [0.29, 0.717) is 30.2 Å². The maximum absolute atomic E-state index is 13.3. The molecule has 2 N–H and O–H groups in total. The van der Waals surface area contributed by atoms with Crippen LogP contribution in [-0.2, 0) is 19.1 Å². The number of piperidine rings is 1. The zero-order valence-electron chi connectivity index (χ0n) is 20.9. The SMILES string of the molecule is COC(=O)C1CN(C(=O)Nc2ccc(Cl)c(Cl)c2)C(C)C(=O)N1CCCC(=O)N1CCC2(CC2)[C@H](O)C1. The molecule has 12 heteroatoms. The molecular formula is C25H32Cl2N4O6. The minimum atomic E-state index is -1.00. The molecule has 10 nitrogen and oxygen atoms in total. The second kappa shape index (κ2) is 11.0. The normalized spacial score (nSPS) is 24.7. The number of carbonyl (C=O) groups excluding carboxylic acids is 4. The smallest absolute Gasteiger partial charge is 0.330 e. The molecule has 2 saturated heterocycles. The molecule has 202 valence electrons. The molecule has 0 bridgehead atoms. The molecule has 1 spiro atoms. The summed E-state index contributed by atoms with van der Waals surface area (Å²) in [4.78, 5) is 55.9. The van der Waals surface area contributed by atoms with Crippen LogP contribution in [-0.4, -0.2) is 95.1 Å². The number of rotatable bonds is 6. The van der Waals surface area contributed by atoms with Crippen LogP contribution in [0.1, 0.15) is 39.0 Å². The fourth-order valence-corrected chi connectivity index (χ4v) is 5.45. The molecule has 4 amide bonds. The van der Waals surface area contributed by atoms with Crippen molar-refractivity contribution in [3.8, 4) is 0 Å². The predicted molar refractivity (Wildman–Crippen MR) is 137 cm³/mol. The number of carbonyl (C=O) groups is 4. The summed E-state index contributed by atoms with van der Waals surface area (Å²) >= 11 is 12.0. The van der Waals surface area contributed by atoms with Gasteiger partial charge in [0.05, 0.1) is 29.8 Å². The first-order valence-electron chi connectivity index (χ1n) is 12.4. The number of methoxy groups -OCH3 is 1. The number of benzene rings is 1. The van der Waals surface area contributed by atoms with E-state index in [2.05, 4.69) is 5.32 Å². The number of ether oxygens (including phenoxy) is 1. The lowest BCUT2D eigenvalue weighted by molar-refractivity contribution is -0.159. The Hall–Kier alpha value is -2.56. The number of aliphatic hydroxyl groups is 1. The number of aliphatic hydroxyl groups excluding tert-OH is 1. The number of hydrogen-bond acceptors (Lipinski definition) is 6. The van der Waals surface area contributed by atoms with Crippen LogP contribution in [0.2, 0.25) is 10.0 Å². The Bertz CT molecular complexity index is 1080. The second-order valence-corrected chi connectivity index (χ2v) is 10.8. The van der Waals surface area contributed by atoms with Crippen LogP contribution in [0, 0.1) is 5.41 Å². The number of halogens is 2. The van der Waals surface area contributed by atoms with Crippen LogP contribution in [0.3, 0.4) is 0 Å². The first kappa shape index (κ1) is 27.5. The molecule has 1 aliphatic carbocycles. The monoisotopic (exact) mass is 554 g/mol. The summed E-state index contributed by atoms with van der Waals surface area (Å²) in [5, 5.41) is 13.7. The summed E-state index contributed by atoms with van der Waals surface area (Å²) < 4.78 is 4.91. The van der Waals surface area contributed by atoms with Crippen molar-refractivity contribution in [2.24, 2.45) is 5.41 Å². The van der Waals surface area contributed by atoms with Gasteiger partial charge in [-0.1, -0.05) is 23.2 Å². The van der Waals surface area contributed by atoms with Crippen molar-refractivity contribution >= 4 is 52.7 Å². The lowest BCUT2D eigenvalue weighted by atomic mass is 9.90. The highest BCUT2D eigenvalue weighted by Crippen LogP contribution is 2.53. The van der Waals surface area contributed by atoms with Crippen LogP contribution in [0.4, 0.5) is 10.5 Å². The summed E-state index contributed by atoms with van der Waals surface area (Å²) in [6.45, 7) is 2.65. The van der Waals surface area contributed by atoms with E-state index in [1.807, 2.05) is 0 Å². The number of esters is 1. The summed E-state index contributed by atoms with van der Waals surface area (Å²) in [7, 11) is 1.22. The number of amides is 4. The highest BCUT2D eigenvalue weighted by Gasteiger charge is 2.51. The van der Waals surface area contributed by atoms with Gasteiger partial charge in [0.15, 0.2) is 0 Å². The van der Waals surface area contributed by atoms with Crippen LogP contribution in [0.15, 0.2) is 18.2 Å². The molecule has 3 fully saturated rings. The number of piperazine rings is 1. The Morgan fingerprint density at radius 3 is 2.51 bits per heavy atom. The minimum Gasteiger partial charge on any atom is -0.467 e. The zero-order valence-corrected chi connectivity index (χ0v) is 22.4. The van der Waals surface area contributed by atoms with Gasteiger partial charge in [-0.2, -0.15) is 0 Å². The largest absolute Gasteiger partial charge is 0.467 e. The van der Waals surface area contributed by atoms with E-state index in [4.69, 9.17) is 27.9 Å². The van der Waals surface area contributed by atoms with Gasteiger partial charge in [0, 0.05) is 31.7 Å². The van der Waals surface area contributed by atoms with Crippen molar-refractivity contribution in [3.63, 3.8) is 0 Å². The zero-order chi connectivity index (χ0) is 26.9. The van der Waals surface area contributed by atoms with Crippen LogP contribution in [0.5, 0.6) is 0 Å². The van der Waals surface area contributed by atoms with Crippen molar-refractivity contribution in [1.82, 2.24) is 14.7 Å². The lowest BCUT2D eigenvalue weighted by Gasteiger charge is -2.43. The Morgan fingerprint density at radius 1 is 1.16 bits per heavy atom. The van der Waals surface area contributed by atoms with Gasteiger partial charge in [-0.05, 0) is 56.2 Å². The molecule has 1 aromatic rings. The molecule has 2 aliphatic heterocycles. The van der Waals surface area contributed by atoms with Gasteiger partial charge in [-0.3, -0.25) is 9.59 Å². The van der Waals surface area contributed by atoms with Gasteiger partial charge in [-0.15, -0.1) is 0 Å². The van der Waals surface area contributed by atoms with E-state index in [9.17, 15) is 24.3 Å². The number of anilines is 1. The average molecular weight is 555 g/mol. The highest BCUT2D eigenvalue weighted by atomic mass is 35.5. The number of nitrogens with zero attached hydrogens (tertiary/aromatic N) is 3. The standard InChI is InChI=1S/C25H32Cl2N4O6/c1-15-22(34)30(10-3-4-21(33)29-11-9-25(7-8-25)20(32)14-29)19(23(35)37-2)13-31(15)24(36)28-16-5-6-17(26)18(27)12-16/h5-6,12,15,19-20,32H,3-4,7-11,13-14H2,1-2H3,(H,28,36)/t15?,19?,20-/m1/s1. The molecule has 3 aliphatic rings. The third-order valence-corrected chi connectivity index (χ3v) is 8.51. The van der Waals surface area contributed by atoms with Crippen LogP contribution >= 0.6 is 23.2 Å². The second-order valence-electron chi connectivity index (χ2n) is 10.0. The van der Waals surface area contributed by atoms with E-state index in [-0.39, 0.29) is 35.9 Å². The van der Waals surface area contributed by atoms with Crippen molar-refractivity contribution < 1.29 is 29.0 Å². The van der Waals surface area contributed by atoms with Crippen LogP contribution < -0.4 is 5.32 Å². The summed E-state index contributed by atoms with van der Waals surface area (Å²) in [5.74, 6) is -1.14. The highest BCUT2D eigenvalue weighted by molar-refractivity contribution is 6.42. The van der Waals surface area contributed by atoms with Gasteiger partial charge in [0.1, 0.15) is 12.1 Å². The number of nitrogens with one attached hydrogen (secondary N) is 1.